The summed E-state index contributed by atoms with van der Waals surface area (Å²) in [5, 5.41) is 2.98. The first-order valence-corrected chi connectivity index (χ1v) is 8.75. The first-order valence-electron chi connectivity index (χ1n) is 8.75. The number of carbonyl (C=O) groups is 2. The summed E-state index contributed by atoms with van der Waals surface area (Å²) in [6.07, 6.45) is 2.57. The summed E-state index contributed by atoms with van der Waals surface area (Å²) in [5.74, 6) is 0.0390. The maximum Gasteiger partial charge on any atom is 0.256 e. The van der Waals surface area contributed by atoms with Crippen LogP contribution in [0.25, 0.3) is 0 Å². The molecule has 0 bridgehead atoms. The van der Waals surface area contributed by atoms with Gasteiger partial charge in [0, 0.05) is 29.9 Å². The van der Waals surface area contributed by atoms with Gasteiger partial charge in [0.2, 0.25) is 5.91 Å². The van der Waals surface area contributed by atoms with Gasteiger partial charge in [-0.3, -0.25) is 9.59 Å². The van der Waals surface area contributed by atoms with E-state index in [0.29, 0.717) is 17.7 Å². The summed E-state index contributed by atoms with van der Waals surface area (Å²) in [5.41, 5.74) is 5.36. The van der Waals surface area contributed by atoms with Crippen LogP contribution in [0.15, 0.2) is 36.4 Å². The molecule has 1 saturated heterocycles. The predicted octanol–water partition coefficient (Wildman–Crippen LogP) is 4.38. The number of aryl methyl sites for hydroxylation is 3. The van der Waals surface area contributed by atoms with E-state index in [4.69, 9.17) is 0 Å². The molecular weight excluding hydrogens is 312 g/mol. The van der Waals surface area contributed by atoms with Gasteiger partial charge in [-0.05, 0) is 62.9 Å². The Hall–Kier alpha value is -2.62. The molecule has 0 aromatic heterocycles. The molecule has 4 nitrogen and oxygen atoms in total. The van der Waals surface area contributed by atoms with E-state index in [1.165, 1.54) is 0 Å². The molecule has 1 N–H and O–H groups in total. The molecule has 130 valence electrons. The van der Waals surface area contributed by atoms with Gasteiger partial charge in [-0.1, -0.05) is 23.8 Å². The minimum absolute atomic E-state index is 0.114. The Labute approximate surface area is 148 Å². The van der Waals surface area contributed by atoms with Gasteiger partial charge in [0.25, 0.3) is 5.91 Å². The zero-order valence-corrected chi connectivity index (χ0v) is 15.1. The molecule has 0 aliphatic carbocycles. The van der Waals surface area contributed by atoms with Crippen molar-refractivity contribution in [3.05, 3.63) is 58.7 Å². The van der Waals surface area contributed by atoms with Gasteiger partial charge >= 0.3 is 0 Å². The molecule has 2 aromatic rings. The fraction of sp³-hybridized carbons (Fsp3) is 0.333. The summed E-state index contributed by atoms with van der Waals surface area (Å²) < 4.78 is 0. The lowest BCUT2D eigenvalue weighted by Gasteiger charge is -2.27. The van der Waals surface area contributed by atoms with E-state index in [2.05, 4.69) is 5.32 Å². The highest BCUT2D eigenvalue weighted by Gasteiger charge is 2.20. The van der Waals surface area contributed by atoms with Gasteiger partial charge in [0.05, 0.1) is 0 Å². The van der Waals surface area contributed by atoms with Crippen molar-refractivity contribution in [3.63, 3.8) is 0 Å². The van der Waals surface area contributed by atoms with E-state index in [0.717, 1.165) is 41.8 Å². The van der Waals surface area contributed by atoms with Gasteiger partial charge in [-0.15, -0.1) is 0 Å². The lowest BCUT2D eigenvalue weighted by atomic mass is 9.99. The van der Waals surface area contributed by atoms with Crippen LogP contribution in [-0.4, -0.2) is 18.4 Å². The number of nitrogens with zero attached hydrogens (tertiary/aromatic N) is 1. The van der Waals surface area contributed by atoms with Crippen LogP contribution in [0.4, 0.5) is 11.4 Å². The van der Waals surface area contributed by atoms with E-state index in [-0.39, 0.29) is 11.8 Å². The van der Waals surface area contributed by atoms with Crippen LogP contribution in [0.3, 0.4) is 0 Å². The fourth-order valence-corrected chi connectivity index (χ4v) is 3.56. The second-order valence-electron chi connectivity index (χ2n) is 6.78. The third-order valence-electron chi connectivity index (χ3n) is 4.64. The Morgan fingerprint density at radius 1 is 1.04 bits per heavy atom. The number of piperidine rings is 1. The minimum atomic E-state index is -0.114. The van der Waals surface area contributed by atoms with Crippen molar-refractivity contribution in [2.75, 3.05) is 16.8 Å². The summed E-state index contributed by atoms with van der Waals surface area (Å²) in [4.78, 5) is 26.6. The normalized spacial score (nSPS) is 14.5. The Morgan fingerprint density at radius 2 is 1.76 bits per heavy atom. The van der Waals surface area contributed by atoms with Crippen molar-refractivity contribution in [2.24, 2.45) is 0 Å². The van der Waals surface area contributed by atoms with Crippen molar-refractivity contribution in [1.82, 2.24) is 0 Å². The van der Waals surface area contributed by atoms with E-state index in [1.54, 1.807) is 0 Å². The summed E-state index contributed by atoms with van der Waals surface area (Å²) >= 11 is 0. The second-order valence-corrected chi connectivity index (χ2v) is 6.78. The summed E-state index contributed by atoms with van der Waals surface area (Å²) in [7, 11) is 0. The van der Waals surface area contributed by atoms with Crippen molar-refractivity contribution < 1.29 is 9.59 Å². The largest absolute Gasteiger partial charge is 0.322 e. The number of benzene rings is 2. The van der Waals surface area contributed by atoms with Gasteiger partial charge in [-0.25, -0.2) is 0 Å². The lowest BCUT2D eigenvalue weighted by Crippen LogP contribution is -2.35. The average Bonchev–Trinajstić information content (AvgIpc) is 2.54. The predicted molar refractivity (Wildman–Crippen MR) is 101 cm³/mol. The molecule has 3 rings (SSSR count). The number of carbonyl (C=O) groups excluding carboxylic acids is 2. The van der Waals surface area contributed by atoms with Crippen LogP contribution >= 0.6 is 0 Å². The smallest absolute Gasteiger partial charge is 0.256 e. The first-order chi connectivity index (χ1) is 12.0. The summed E-state index contributed by atoms with van der Waals surface area (Å²) in [6, 6.07) is 11.6. The number of anilines is 2. The molecule has 4 heteroatoms. The lowest BCUT2D eigenvalue weighted by molar-refractivity contribution is -0.119. The Morgan fingerprint density at radius 3 is 2.44 bits per heavy atom. The highest BCUT2D eigenvalue weighted by molar-refractivity contribution is 6.06. The van der Waals surface area contributed by atoms with E-state index in [9.17, 15) is 9.59 Å². The van der Waals surface area contributed by atoms with E-state index < -0.39 is 0 Å². The number of amides is 2. The molecule has 0 radical (unpaired) electrons. The van der Waals surface area contributed by atoms with Crippen LogP contribution in [0, 0.1) is 20.8 Å². The minimum Gasteiger partial charge on any atom is -0.322 e. The van der Waals surface area contributed by atoms with Crippen molar-refractivity contribution in [1.29, 1.82) is 0 Å². The number of hydrogen-bond acceptors (Lipinski definition) is 2. The standard InChI is InChI=1S/C21H24N2O2/c1-14-11-15(2)20(16(3)12-14)21(25)22-17-7-6-8-18(13-17)23-10-5-4-9-19(23)24/h6-8,11-13H,4-5,9-10H2,1-3H3,(H,22,25). The van der Waals surface area contributed by atoms with Crippen LogP contribution in [0.2, 0.25) is 0 Å². The number of hydrogen-bond donors (Lipinski definition) is 1. The molecule has 1 fully saturated rings. The molecular formula is C21H24N2O2. The summed E-state index contributed by atoms with van der Waals surface area (Å²) in [6.45, 7) is 6.68. The van der Waals surface area contributed by atoms with Crippen LogP contribution in [-0.2, 0) is 4.79 Å². The zero-order valence-electron chi connectivity index (χ0n) is 15.1. The molecule has 1 aliphatic heterocycles. The van der Waals surface area contributed by atoms with Crippen LogP contribution < -0.4 is 10.2 Å². The highest BCUT2D eigenvalue weighted by atomic mass is 16.2. The zero-order chi connectivity index (χ0) is 18.0. The molecule has 2 amide bonds. The molecule has 25 heavy (non-hydrogen) atoms. The maximum absolute atomic E-state index is 12.7. The van der Waals surface area contributed by atoms with Crippen LogP contribution in [0.5, 0.6) is 0 Å². The molecule has 0 spiro atoms. The SMILES string of the molecule is Cc1cc(C)c(C(=O)Nc2cccc(N3CCCCC3=O)c2)c(C)c1. The van der Waals surface area contributed by atoms with Crippen molar-refractivity contribution in [3.8, 4) is 0 Å². The maximum atomic E-state index is 12.7. The number of rotatable bonds is 3. The van der Waals surface area contributed by atoms with Crippen LogP contribution in [0.1, 0.15) is 46.3 Å². The Bertz CT molecular complexity index is 803. The fourth-order valence-electron chi connectivity index (χ4n) is 3.56. The van der Waals surface area contributed by atoms with Gasteiger partial charge in [0.1, 0.15) is 0 Å². The first kappa shape index (κ1) is 17.2. The molecule has 1 heterocycles. The van der Waals surface area contributed by atoms with Gasteiger partial charge in [-0.2, -0.15) is 0 Å². The van der Waals surface area contributed by atoms with Gasteiger partial charge in [0.15, 0.2) is 0 Å². The molecule has 0 unspecified atom stereocenters. The highest BCUT2D eigenvalue weighted by Crippen LogP contribution is 2.25. The van der Waals surface area contributed by atoms with E-state index >= 15 is 0 Å². The topological polar surface area (TPSA) is 49.4 Å². The molecule has 1 aliphatic rings. The third kappa shape index (κ3) is 3.73. The monoisotopic (exact) mass is 336 g/mol. The molecule has 2 aromatic carbocycles. The Balaban J connectivity index is 1.83. The Kier molecular flexibility index (Phi) is 4.88. The van der Waals surface area contributed by atoms with Gasteiger partial charge < -0.3 is 10.2 Å². The second kappa shape index (κ2) is 7.09. The third-order valence-corrected chi connectivity index (χ3v) is 4.64. The molecule has 0 saturated carbocycles. The molecule has 0 atom stereocenters. The van der Waals surface area contributed by atoms with E-state index in [1.807, 2.05) is 62.1 Å². The quantitative estimate of drug-likeness (QED) is 0.904. The van der Waals surface area contributed by atoms with Crippen molar-refractivity contribution >= 4 is 23.2 Å². The number of nitrogens with one attached hydrogen (secondary N) is 1. The van der Waals surface area contributed by atoms with Crippen molar-refractivity contribution in [2.45, 2.75) is 40.0 Å². The average molecular weight is 336 g/mol.